The molecule has 0 saturated carbocycles. The van der Waals surface area contributed by atoms with Gasteiger partial charge in [-0.15, -0.1) is 0 Å². The van der Waals surface area contributed by atoms with Gasteiger partial charge in [-0.3, -0.25) is 9.35 Å². The SMILES string of the molecule is CCC(=O)OCc1ccccc1.Cc1ccc(S(=O)(=O)O)cc1. The lowest BCUT2D eigenvalue weighted by molar-refractivity contribution is -0.144. The molecule has 0 amide bonds. The van der Waals surface area contributed by atoms with Gasteiger partial charge in [0.05, 0.1) is 4.90 Å². The number of aryl methyl sites for hydroxylation is 1. The Balaban J connectivity index is 0.000000231. The lowest BCUT2D eigenvalue weighted by atomic mass is 10.2. The highest BCUT2D eigenvalue weighted by Crippen LogP contribution is 2.08. The van der Waals surface area contributed by atoms with Crippen LogP contribution in [0.15, 0.2) is 59.5 Å². The Kier molecular flexibility index (Phi) is 7.44. The van der Waals surface area contributed by atoms with Gasteiger partial charge in [-0.25, -0.2) is 0 Å². The summed E-state index contributed by atoms with van der Waals surface area (Å²) in [6.07, 6.45) is 0.437. The zero-order chi connectivity index (χ0) is 17.3. The van der Waals surface area contributed by atoms with E-state index in [-0.39, 0.29) is 10.9 Å². The van der Waals surface area contributed by atoms with Crippen molar-refractivity contribution in [2.75, 3.05) is 0 Å². The molecule has 0 aliphatic heterocycles. The van der Waals surface area contributed by atoms with E-state index >= 15 is 0 Å². The van der Waals surface area contributed by atoms with Gasteiger partial charge in [-0.1, -0.05) is 55.0 Å². The summed E-state index contributed by atoms with van der Waals surface area (Å²) < 4.78 is 34.5. The van der Waals surface area contributed by atoms with Crippen LogP contribution in [0, 0.1) is 6.92 Å². The first-order valence-electron chi connectivity index (χ1n) is 7.06. The van der Waals surface area contributed by atoms with Crippen LogP contribution in [0.2, 0.25) is 0 Å². The summed E-state index contributed by atoms with van der Waals surface area (Å²) in [5, 5.41) is 0. The maximum atomic E-state index is 10.8. The third-order valence-corrected chi connectivity index (χ3v) is 3.72. The first kappa shape index (κ1) is 18.9. The van der Waals surface area contributed by atoms with Gasteiger partial charge < -0.3 is 4.74 Å². The summed E-state index contributed by atoms with van der Waals surface area (Å²) in [7, 11) is -4.02. The fourth-order valence-electron chi connectivity index (χ4n) is 1.55. The van der Waals surface area contributed by atoms with Crippen LogP contribution in [0.1, 0.15) is 24.5 Å². The molecule has 6 heteroatoms. The second kappa shape index (κ2) is 9.07. The molecule has 5 nitrogen and oxygen atoms in total. The number of esters is 1. The fraction of sp³-hybridized carbons (Fsp3) is 0.235. The smallest absolute Gasteiger partial charge is 0.305 e. The molecule has 0 aromatic heterocycles. The largest absolute Gasteiger partial charge is 0.461 e. The molecule has 0 aliphatic rings. The predicted octanol–water partition coefficient (Wildman–Crippen LogP) is 3.38. The first-order chi connectivity index (χ1) is 10.8. The van der Waals surface area contributed by atoms with Crippen molar-refractivity contribution in [1.82, 2.24) is 0 Å². The molecule has 0 spiro atoms. The Labute approximate surface area is 136 Å². The summed E-state index contributed by atoms with van der Waals surface area (Å²) in [6.45, 7) is 4.01. The van der Waals surface area contributed by atoms with Gasteiger partial charge in [0.1, 0.15) is 6.61 Å². The van der Waals surface area contributed by atoms with Crippen LogP contribution >= 0.6 is 0 Å². The van der Waals surface area contributed by atoms with Gasteiger partial charge in [0.25, 0.3) is 10.1 Å². The molecule has 0 aliphatic carbocycles. The minimum absolute atomic E-state index is 0.0666. The number of ether oxygens (including phenoxy) is 1. The van der Waals surface area contributed by atoms with E-state index in [9.17, 15) is 13.2 Å². The zero-order valence-electron chi connectivity index (χ0n) is 13.1. The number of benzene rings is 2. The molecule has 1 N–H and O–H groups in total. The highest BCUT2D eigenvalue weighted by molar-refractivity contribution is 7.85. The monoisotopic (exact) mass is 336 g/mol. The molecule has 0 atom stereocenters. The Bertz CT molecular complexity index is 706. The third-order valence-electron chi connectivity index (χ3n) is 2.85. The van der Waals surface area contributed by atoms with E-state index in [1.54, 1.807) is 19.1 Å². The quantitative estimate of drug-likeness (QED) is 0.684. The average molecular weight is 336 g/mol. The van der Waals surface area contributed by atoms with Crippen LogP contribution in [0.5, 0.6) is 0 Å². The van der Waals surface area contributed by atoms with Crippen molar-refractivity contribution in [1.29, 1.82) is 0 Å². The van der Waals surface area contributed by atoms with Gasteiger partial charge in [-0.05, 0) is 24.6 Å². The predicted molar refractivity (Wildman–Crippen MR) is 87.5 cm³/mol. The average Bonchev–Trinajstić information content (AvgIpc) is 2.53. The Morgan fingerprint density at radius 2 is 1.61 bits per heavy atom. The third kappa shape index (κ3) is 7.58. The standard InChI is InChI=1S/C10H12O2.C7H8O3S/c1-2-10(11)12-8-9-6-4-3-5-7-9;1-6-2-4-7(5-3-6)11(8,9)10/h3-7H,2,8H2,1H3;2-5H,1H3,(H,8,9,10). The van der Waals surface area contributed by atoms with Crippen molar-refractivity contribution in [3.8, 4) is 0 Å². The molecular formula is C17H20O5S. The van der Waals surface area contributed by atoms with Gasteiger partial charge >= 0.3 is 5.97 Å². The van der Waals surface area contributed by atoms with E-state index in [1.807, 2.05) is 37.3 Å². The number of hydrogen-bond donors (Lipinski definition) is 1. The molecule has 0 bridgehead atoms. The van der Waals surface area contributed by atoms with E-state index in [0.717, 1.165) is 11.1 Å². The second-order valence-electron chi connectivity index (χ2n) is 4.79. The Hall–Kier alpha value is -2.18. The van der Waals surface area contributed by atoms with Gasteiger partial charge in [0.15, 0.2) is 0 Å². The highest BCUT2D eigenvalue weighted by atomic mass is 32.2. The lowest BCUT2D eigenvalue weighted by Gasteiger charge is -2.01. The van der Waals surface area contributed by atoms with Crippen molar-refractivity contribution in [3.63, 3.8) is 0 Å². The number of carbonyl (C=O) groups excluding carboxylic acids is 1. The minimum Gasteiger partial charge on any atom is -0.461 e. The topological polar surface area (TPSA) is 80.7 Å². The summed E-state index contributed by atoms with van der Waals surface area (Å²) in [5.41, 5.74) is 1.98. The van der Waals surface area contributed by atoms with Crippen molar-refractivity contribution in [2.45, 2.75) is 31.8 Å². The zero-order valence-corrected chi connectivity index (χ0v) is 13.9. The maximum Gasteiger partial charge on any atom is 0.305 e. The molecule has 2 aromatic rings. The molecule has 2 rings (SSSR count). The van der Waals surface area contributed by atoms with E-state index < -0.39 is 10.1 Å². The molecular weight excluding hydrogens is 316 g/mol. The number of hydrogen-bond acceptors (Lipinski definition) is 4. The van der Waals surface area contributed by atoms with Crippen molar-refractivity contribution in [3.05, 3.63) is 65.7 Å². The van der Waals surface area contributed by atoms with Crippen LogP contribution in [-0.4, -0.2) is 18.9 Å². The normalized spacial score (nSPS) is 10.4. The maximum absolute atomic E-state index is 10.8. The first-order valence-corrected chi connectivity index (χ1v) is 8.50. The summed E-state index contributed by atoms with van der Waals surface area (Å²) in [4.78, 5) is 10.7. The van der Waals surface area contributed by atoms with Crippen molar-refractivity contribution >= 4 is 16.1 Å². The molecule has 0 radical (unpaired) electrons. The van der Waals surface area contributed by atoms with E-state index in [0.29, 0.717) is 13.0 Å². The van der Waals surface area contributed by atoms with E-state index in [4.69, 9.17) is 9.29 Å². The number of carbonyl (C=O) groups is 1. The van der Waals surface area contributed by atoms with E-state index in [1.165, 1.54) is 12.1 Å². The molecule has 23 heavy (non-hydrogen) atoms. The van der Waals surface area contributed by atoms with Crippen LogP contribution in [0.4, 0.5) is 0 Å². The van der Waals surface area contributed by atoms with Crippen molar-refractivity contribution < 1.29 is 22.5 Å². The summed E-state index contributed by atoms with van der Waals surface area (Å²) >= 11 is 0. The molecule has 0 saturated heterocycles. The van der Waals surface area contributed by atoms with Crippen LogP contribution < -0.4 is 0 Å². The summed E-state index contributed by atoms with van der Waals surface area (Å²) in [5.74, 6) is -0.154. The Morgan fingerprint density at radius 1 is 1.04 bits per heavy atom. The molecule has 0 heterocycles. The van der Waals surface area contributed by atoms with Gasteiger partial charge in [-0.2, -0.15) is 8.42 Å². The van der Waals surface area contributed by atoms with Crippen LogP contribution in [0.3, 0.4) is 0 Å². The molecule has 0 fully saturated rings. The molecule has 0 unspecified atom stereocenters. The van der Waals surface area contributed by atoms with E-state index in [2.05, 4.69) is 0 Å². The highest BCUT2D eigenvalue weighted by Gasteiger charge is 2.06. The second-order valence-corrected chi connectivity index (χ2v) is 6.21. The summed E-state index contributed by atoms with van der Waals surface area (Å²) in [6, 6.07) is 15.6. The van der Waals surface area contributed by atoms with Gasteiger partial charge in [0, 0.05) is 6.42 Å². The lowest BCUT2D eigenvalue weighted by Crippen LogP contribution is -2.01. The molecule has 124 valence electrons. The fourth-order valence-corrected chi connectivity index (χ4v) is 2.03. The molecule has 2 aromatic carbocycles. The van der Waals surface area contributed by atoms with Crippen molar-refractivity contribution in [2.24, 2.45) is 0 Å². The van der Waals surface area contributed by atoms with Crippen LogP contribution in [-0.2, 0) is 26.3 Å². The van der Waals surface area contributed by atoms with Gasteiger partial charge in [0.2, 0.25) is 0 Å². The van der Waals surface area contributed by atoms with Crippen LogP contribution in [0.25, 0.3) is 0 Å². The minimum atomic E-state index is -4.02. The Morgan fingerprint density at radius 3 is 2.09 bits per heavy atom. The number of rotatable bonds is 4.